The van der Waals surface area contributed by atoms with Crippen LogP contribution in [0, 0.1) is 0 Å². The Balaban J connectivity index is 0.000000147. The largest absolute Gasteiger partial charge is 0.507 e. The van der Waals surface area contributed by atoms with Crippen LogP contribution < -0.4 is 80.6 Å². The Bertz CT molecular complexity index is 5420. The molecule has 0 unspecified atom stereocenters. The third-order valence-corrected chi connectivity index (χ3v) is 31.5. The van der Waals surface area contributed by atoms with Crippen molar-refractivity contribution in [3.05, 3.63) is 518 Å². The van der Waals surface area contributed by atoms with Gasteiger partial charge < -0.3 is 35.9 Å². The second-order valence-corrected chi connectivity index (χ2v) is 40.9. The Labute approximate surface area is 810 Å². The zero-order valence-electron chi connectivity index (χ0n) is 73.8. The molecule has 7 N–H and O–H groups in total. The van der Waals surface area contributed by atoms with Gasteiger partial charge in [-0.15, -0.1) is 20.4 Å². The van der Waals surface area contributed by atoms with Gasteiger partial charge in [0.05, 0.1) is 21.4 Å². The van der Waals surface area contributed by atoms with Crippen molar-refractivity contribution in [1.29, 1.82) is 0 Å². The molecule has 1 aliphatic heterocycles. The number of nitrogens with two attached hydrogens (primary N) is 2. The molecule has 20 heteroatoms. The van der Waals surface area contributed by atoms with Crippen LogP contribution in [-0.2, 0) is 42.5 Å². The maximum Gasteiger partial charge on any atom is 0.488 e. The predicted octanol–water partition coefficient (Wildman–Crippen LogP) is 20.5. The number of anilines is 2. The number of hydrogen-bond acceptors (Lipinski definition) is 11. The fourth-order valence-electron chi connectivity index (χ4n) is 13.8. The summed E-state index contributed by atoms with van der Waals surface area (Å²) < 4.78 is 12.6. The van der Waals surface area contributed by atoms with Crippen LogP contribution >= 0.6 is 59.2 Å². The summed E-state index contributed by atoms with van der Waals surface area (Å²) in [4.78, 5) is 0. The average Bonchev–Trinajstić information content (AvgIpc) is 1.64. The number of hydrogen-bond donors (Lipinski definition) is 5. The Morgan fingerprint density at radius 1 is 0.318 bits per heavy atom. The van der Waals surface area contributed by atoms with E-state index in [1.54, 1.807) is 42.5 Å². The summed E-state index contributed by atoms with van der Waals surface area (Å²) in [7, 11) is -3.26. The van der Waals surface area contributed by atoms with Crippen LogP contribution in [0.4, 0.5) is 11.6 Å². The summed E-state index contributed by atoms with van der Waals surface area (Å²) in [6.07, 6.45) is 1.50. The zero-order valence-corrected chi connectivity index (χ0v) is 81.3. The van der Waals surface area contributed by atoms with E-state index >= 15 is 0 Å². The van der Waals surface area contributed by atoms with Gasteiger partial charge in [0.15, 0.2) is 11.0 Å². The van der Waals surface area contributed by atoms with Gasteiger partial charge in [0.2, 0.25) is 0 Å². The van der Waals surface area contributed by atoms with Gasteiger partial charge in [0, 0.05) is 44.3 Å². The molecule has 0 aliphatic carbocycles. The number of phenolic OH excluding ortho intramolecular Hbond substituents is 1. The monoisotopic (exact) mass is 1980 g/mol. The van der Waals surface area contributed by atoms with E-state index in [0.29, 0.717) is 44.4 Å². The smallest absolute Gasteiger partial charge is 0.488 e. The van der Waals surface area contributed by atoms with Crippen molar-refractivity contribution in [3.63, 3.8) is 0 Å². The zero-order chi connectivity index (χ0) is 91.7. The van der Waals surface area contributed by atoms with Crippen molar-refractivity contribution in [3.8, 4) is 17.0 Å². The standard InChI is InChI=1S/4C18H15P.C17H15N3O.C13H19BO2.C6H7BO2.C4H3BrClN3.Pd/c4*1-4-10-16(11-5-1)19(17-12-6-2-7-13-17)18-14-8-3-9-15-18;18-17-13(10-12-6-2-1-3-7-12)11-15(19-20-17)14-8-4-5-9-16(14)21;1-12(2)13(3,4)16-14(15-12)10-11-8-6-5-7-9-11;8-7(9)6-4-2-1-3-5-6;5-2-1-3(6)8-9-4(2)7;/h4*1-15H;1-9,11,21H,10H2,(H2,18,20);5-9H,10H2,1-4H3;1-5,8-9H;1H,(H2,7,9);. The Morgan fingerprint density at radius 3 is 0.795 bits per heavy atom. The van der Waals surface area contributed by atoms with Crippen molar-refractivity contribution in [2.45, 2.75) is 51.6 Å². The number of para-hydroxylation sites is 1. The molecular weight excluding hydrogens is 1880 g/mol. The molecule has 19 rings (SSSR count). The summed E-state index contributed by atoms with van der Waals surface area (Å²) >= 11 is 8.59. The van der Waals surface area contributed by atoms with Gasteiger partial charge in [-0.3, -0.25) is 0 Å². The van der Waals surface area contributed by atoms with Crippen LogP contribution in [0.15, 0.2) is 496 Å². The second-order valence-electron chi connectivity index (χ2n) is 30.7. The van der Waals surface area contributed by atoms with Gasteiger partial charge >= 0.3 is 14.2 Å². The van der Waals surface area contributed by atoms with Gasteiger partial charge in [-0.05, 0) is 174 Å². The van der Waals surface area contributed by atoms with Crippen LogP contribution in [0.3, 0.4) is 0 Å². The molecule has 132 heavy (non-hydrogen) atoms. The van der Waals surface area contributed by atoms with Crippen molar-refractivity contribution < 1.29 is 44.9 Å². The third kappa shape index (κ3) is 31.2. The molecule has 0 bridgehead atoms. The van der Waals surface area contributed by atoms with E-state index in [2.05, 4.69) is 440 Å². The number of aromatic hydroxyl groups is 1. The van der Waals surface area contributed by atoms with Crippen LogP contribution in [0.5, 0.6) is 5.75 Å². The number of rotatable bonds is 18. The van der Waals surface area contributed by atoms with Gasteiger partial charge in [0.1, 0.15) is 11.6 Å². The first-order chi connectivity index (χ1) is 63.9. The van der Waals surface area contributed by atoms with Gasteiger partial charge in [0.25, 0.3) is 0 Å². The van der Waals surface area contributed by atoms with E-state index in [9.17, 15) is 5.11 Å². The van der Waals surface area contributed by atoms with E-state index in [4.69, 9.17) is 42.4 Å². The van der Waals surface area contributed by atoms with E-state index < -0.39 is 38.8 Å². The van der Waals surface area contributed by atoms with Crippen LogP contribution in [0.25, 0.3) is 11.3 Å². The minimum atomic E-state index is -1.34. The average molecular weight is 1980 g/mol. The summed E-state index contributed by atoms with van der Waals surface area (Å²) in [5, 5.41) is 59.3. The van der Waals surface area contributed by atoms with Crippen LogP contribution in [-0.4, -0.2) is 61.0 Å². The molecule has 0 amide bonds. The molecule has 1 aliphatic rings. The van der Waals surface area contributed by atoms with E-state index in [-0.39, 0.29) is 44.5 Å². The molecule has 0 radical (unpaired) electrons. The molecule has 16 aromatic carbocycles. The summed E-state index contributed by atoms with van der Waals surface area (Å²) in [5.41, 5.74) is 15.9. The number of aromatic nitrogens is 4. The quantitative estimate of drug-likeness (QED) is 0.0407. The molecule has 18 aromatic rings. The van der Waals surface area contributed by atoms with Crippen LogP contribution in [0.1, 0.15) is 44.4 Å². The molecule has 3 heterocycles. The van der Waals surface area contributed by atoms with E-state index in [1.807, 2.05) is 72.8 Å². The number of halogens is 2. The number of phenols is 1. The molecule has 662 valence electrons. The Hall–Kier alpha value is -11.8. The molecule has 0 spiro atoms. The number of benzene rings is 16. The summed E-state index contributed by atoms with van der Waals surface area (Å²) in [5.74, 6) is 0.944. The molecule has 1 saturated heterocycles. The first kappa shape index (κ1) is 101. The van der Waals surface area contributed by atoms with Crippen molar-refractivity contribution >= 4 is 154 Å². The predicted molar refractivity (Wildman–Crippen MR) is 565 cm³/mol. The molecule has 0 atom stereocenters. The minimum absolute atomic E-state index is 0. The first-order valence-corrected chi connectivity index (χ1v) is 49.5. The van der Waals surface area contributed by atoms with Crippen molar-refractivity contribution in [1.82, 2.24) is 20.4 Å². The van der Waals surface area contributed by atoms with Gasteiger partial charge in [-0.1, -0.05) is 484 Å². The maximum absolute atomic E-state index is 9.91. The second kappa shape index (κ2) is 53.6. The summed E-state index contributed by atoms with van der Waals surface area (Å²) in [6, 6.07) is 169. The minimum Gasteiger partial charge on any atom is -0.507 e. The Morgan fingerprint density at radius 2 is 0.553 bits per heavy atom. The van der Waals surface area contributed by atoms with Gasteiger partial charge in [-0.25, -0.2) is 0 Å². The molecule has 2 aromatic heterocycles. The fraction of sp³-hybridized carbons (Fsp3) is 0.0714. The molecule has 0 saturated carbocycles. The van der Waals surface area contributed by atoms with E-state index in [1.165, 1.54) is 69.2 Å². The summed E-state index contributed by atoms with van der Waals surface area (Å²) in [6.45, 7) is 8.33. The Kier molecular flexibility index (Phi) is 40.9. The maximum atomic E-state index is 9.91. The SMILES string of the molecule is CC1(C)OB(Cc2ccccc2)OC1(C)C.Nc1nnc(-c2ccccc2O)cc1Cc1ccccc1.Nc1nnc(Cl)cc1Br.OB(O)c1ccccc1.[Pd].c1ccc(P(c2ccccc2)c2ccccc2)cc1.c1ccc(P(c2ccccc2)c2ccccc2)cc1.c1ccc(P(c2ccccc2)c2ccccc2)cc1.c1ccc(P(c2ccccc2)c2ccccc2)cc1. The number of nitrogens with zero attached hydrogens (tertiary/aromatic N) is 4. The first-order valence-electron chi connectivity index (χ1n) is 43.0. The fourth-order valence-corrected chi connectivity index (χ4v) is 23.6. The third-order valence-electron chi connectivity index (χ3n) is 20.9. The van der Waals surface area contributed by atoms with E-state index in [0.717, 1.165) is 17.4 Å². The topological polar surface area (TPSA) is 183 Å². The molecule has 1 fully saturated rings. The van der Waals surface area contributed by atoms with Gasteiger partial charge in [-0.2, -0.15) is 0 Å². The molecular formula is C112H104B2BrClN6O5P4Pd. The number of nitrogen functional groups attached to an aromatic ring is 2. The molecule has 11 nitrogen and oxygen atoms in total. The van der Waals surface area contributed by atoms with Crippen molar-refractivity contribution in [2.24, 2.45) is 0 Å². The van der Waals surface area contributed by atoms with Crippen LogP contribution in [0.2, 0.25) is 5.15 Å². The normalized spacial score (nSPS) is 11.7. The van der Waals surface area contributed by atoms with Crippen molar-refractivity contribution in [2.75, 3.05) is 11.5 Å².